The Morgan fingerprint density at radius 1 is 1.00 bits per heavy atom. The minimum absolute atomic E-state index is 0.0580. The van der Waals surface area contributed by atoms with E-state index in [2.05, 4.69) is 92.4 Å². The second kappa shape index (κ2) is 9.99. The second-order valence-electron chi connectivity index (χ2n) is 12.8. The smallest absolute Gasteiger partial charge is 0.193 e. The van der Waals surface area contributed by atoms with Crippen molar-refractivity contribution in [3.8, 4) is 11.8 Å². The van der Waals surface area contributed by atoms with Gasteiger partial charge in [0, 0.05) is 10.8 Å². The van der Waals surface area contributed by atoms with E-state index in [0.717, 1.165) is 24.5 Å². The molecule has 3 atom stereocenters. The third kappa shape index (κ3) is 6.83. The lowest BCUT2D eigenvalue weighted by molar-refractivity contribution is -0.0693. The maximum atomic E-state index is 11.9. The molecule has 0 aromatic carbocycles. The van der Waals surface area contributed by atoms with Gasteiger partial charge in [0.2, 0.25) is 0 Å². The third-order valence-electron chi connectivity index (χ3n) is 7.89. The van der Waals surface area contributed by atoms with Crippen molar-refractivity contribution in [2.24, 2.45) is 10.8 Å². The van der Waals surface area contributed by atoms with Crippen LogP contribution >= 0.6 is 0 Å². The molecule has 0 heterocycles. The van der Waals surface area contributed by atoms with E-state index in [4.69, 9.17) is 8.85 Å². The molecule has 1 saturated carbocycles. The van der Waals surface area contributed by atoms with Gasteiger partial charge in [-0.15, -0.1) is 13.2 Å². The third-order valence-corrected chi connectivity index (χ3v) is 14.5. The number of hydrogen-bond donors (Lipinski definition) is 1. The van der Waals surface area contributed by atoms with E-state index in [-0.39, 0.29) is 22.0 Å². The highest BCUT2D eigenvalue weighted by Gasteiger charge is 2.60. The van der Waals surface area contributed by atoms with Crippen LogP contribution in [0.1, 0.15) is 61.3 Å². The zero-order chi connectivity index (χ0) is 26.1. The van der Waals surface area contributed by atoms with E-state index in [9.17, 15) is 5.11 Å². The van der Waals surface area contributed by atoms with Crippen LogP contribution in [0.15, 0.2) is 37.5 Å². The molecule has 1 unspecified atom stereocenters. The Morgan fingerprint density at radius 2 is 1.48 bits per heavy atom. The van der Waals surface area contributed by atoms with Crippen LogP contribution in [0.5, 0.6) is 0 Å². The van der Waals surface area contributed by atoms with Crippen LogP contribution < -0.4 is 0 Å². The highest BCUT2D eigenvalue weighted by atomic mass is 28.4. The highest BCUT2D eigenvalue weighted by Crippen LogP contribution is 2.60. The van der Waals surface area contributed by atoms with Gasteiger partial charge in [0.25, 0.3) is 0 Å². The van der Waals surface area contributed by atoms with E-state index in [1.165, 1.54) is 0 Å². The van der Waals surface area contributed by atoms with Gasteiger partial charge in [0.1, 0.15) is 17.8 Å². The van der Waals surface area contributed by atoms with Crippen LogP contribution in [-0.2, 0) is 8.85 Å². The molecule has 0 spiro atoms. The van der Waals surface area contributed by atoms with Crippen LogP contribution in [0.3, 0.4) is 0 Å². The van der Waals surface area contributed by atoms with Gasteiger partial charge in [-0.2, -0.15) is 0 Å². The lowest BCUT2D eigenvalue weighted by atomic mass is 9.77. The largest absolute Gasteiger partial charge is 0.402 e. The molecule has 0 amide bonds. The number of hydrogen-bond acceptors (Lipinski definition) is 3. The molecule has 0 bridgehead atoms. The molecule has 1 aliphatic rings. The summed E-state index contributed by atoms with van der Waals surface area (Å²) in [6.07, 6.45) is 4.65. The van der Waals surface area contributed by atoms with Crippen molar-refractivity contribution in [3.63, 3.8) is 0 Å². The minimum Gasteiger partial charge on any atom is -0.402 e. The van der Waals surface area contributed by atoms with Crippen molar-refractivity contribution in [3.05, 3.63) is 37.5 Å². The van der Waals surface area contributed by atoms with Crippen LogP contribution in [0, 0.1) is 22.7 Å². The van der Waals surface area contributed by atoms with E-state index in [0.29, 0.717) is 0 Å². The zero-order valence-electron chi connectivity index (χ0n) is 23.3. The molecule has 0 aromatic heterocycles. The predicted molar refractivity (Wildman–Crippen MR) is 148 cm³/mol. The second-order valence-corrected chi connectivity index (χ2v) is 21.8. The van der Waals surface area contributed by atoms with E-state index in [1.807, 2.05) is 26.0 Å². The molecule has 0 aliphatic heterocycles. The first-order valence-corrected chi connectivity index (χ1v) is 18.2. The first-order chi connectivity index (χ1) is 14.7. The average molecular weight is 491 g/mol. The molecule has 1 aliphatic carbocycles. The fourth-order valence-electron chi connectivity index (χ4n) is 3.84. The summed E-state index contributed by atoms with van der Waals surface area (Å²) >= 11 is 0. The summed E-state index contributed by atoms with van der Waals surface area (Å²) in [6.45, 7) is 35.7. The van der Waals surface area contributed by atoms with E-state index in [1.54, 1.807) is 0 Å². The molecule has 0 radical (unpaired) electrons. The fourth-order valence-corrected chi connectivity index (χ4v) is 6.86. The van der Waals surface area contributed by atoms with Crippen molar-refractivity contribution in [2.75, 3.05) is 0 Å². The van der Waals surface area contributed by atoms with E-state index >= 15 is 0 Å². The predicted octanol–water partition coefficient (Wildman–Crippen LogP) is 7.48. The van der Waals surface area contributed by atoms with Gasteiger partial charge in [-0.1, -0.05) is 70.8 Å². The summed E-state index contributed by atoms with van der Waals surface area (Å²) in [5.41, 5.74) is -0.851. The average Bonchev–Trinajstić information content (AvgIpc) is 3.45. The number of rotatable bonds is 11. The molecule has 3 nitrogen and oxygen atoms in total. The molecular formula is C28H50O3Si2. The number of allylic oxidation sites excluding steroid dienone is 1. The minimum atomic E-state index is -2.13. The summed E-state index contributed by atoms with van der Waals surface area (Å²) in [5, 5.41) is 11.9. The van der Waals surface area contributed by atoms with Gasteiger partial charge in [-0.25, -0.2) is 0 Å². The van der Waals surface area contributed by atoms with Crippen LogP contribution in [0.2, 0.25) is 37.3 Å². The molecule has 1 rings (SSSR count). The summed E-state index contributed by atoms with van der Waals surface area (Å²) in [6, 6.07) is 0.795. The molecule has 0 aromatic rings. The SMILES string of the molecule is C=CC[Si](C)(C)O[C@@H](C#CC(O[Si](C)(C)C(C)(C)C)C(C)(C)C=C)[C@](C)(O)C1(C(=C)C)CC1. The molecular weight excluding hydrogens is 440 g/mol. The molecule has 188 valence electrons. The van der Waals surface area contributed by atoms with Crippen LogP contribution in [0.25, 0.3) is 0 Å². The Kier molecular flexibility index (Phi) is 9.12. The Hall–Kier alpha value is -0.906. The summed E-state index contributed by atoms with van der Waals surface area (Å²) in [5.74, 6) is 6.80. The van der Waals surface area contributed by atoms with Gasteiger partial charge in [-0.3, -0.25) is 0 Å². The zero-order valence-corrected chi connectivity index (χ0v) is 25.3. The Balaban J connectivity index is 3.53. The lowest BCUT2D eigenvalue weighted by Crippen LogP contribution is -2.53. The molecule has 33 heavy (non-hydrogen) atoms. The normalized spacial score (nSPS) is 20.0. The molecule has 5 heteroatoms. The first kappa shape index (κ1) is 30.1. The topological polar surface area (TPSA) is 38.7 Å². The Labute approximate surface area is 207 Å². The quantitative estimate of drug-likeness (QED) is 0.185. The lowest BCUT2D eigenvalue weighted by Gasteiger charge is -2.42. The Bertz CT molecular complexity index is 799. The maximum absolute atomic E-state index is 11.9. The number of aliphatic hydroxyl groups is 1. The van der Waals surface area contributed by atoms with Gasteiger partial charge in [0.15, 0.2) is 16.6 Å². The summed E-state index contributed by atoms with van der Waals surface area (Å²) in [7, 11) is -4.21. The first-order valence-electron chi connectivity index (χ1n) is 12.2. The maximum Gasteiger partial charge on any atom is 0.193 e. The Morgan fingerprint density at radius 3 is 1.85 bits per heavy atom. The van der Waals surface area contributed by atoms with Gasteiger partial charge < -0.3 is 14.0 Å². The van der Waals surface area contributed by atoms with Crippen LogP contribution in [-0.4, -0.2) is 39.6 Å². The summed E-state index contributed by atoms with van der Waals surface area (Å²) < 4.78 is 13.4. The molecule has 0 saturated heterocycles. The van der Waals surface area contributed by atoms with Crippen molar-refractivity contribution in [1.82, 2.24) is 0 Å². The van der Waals surface area contributed by atoms with Crippen molar-refractivity contribution in [2.45, 2.75) is 116 Å². The summed E-state index contributed by atoms with van der Waals surface area (Å²) in [4.78, 5) is 0. The molecule has 1 N–H and O–H groups in total. The van der Waals surface area contributed by atoms with Crippen molar-refractivity contribution < 1.29 is 14.0 Å². The fraction of sp³-hybridized carbons (Fsp3) is 0.714. The standard InChI is InChI=1S/C28H50O3Si2/c1-15-21-32(11,12)30-24(27(10,29)28(19-20-28)22(3)4)18-17-23(26(8,9)16-2)31-33(13,14)25(5,6)7/h15-16,23-24,29H,1-3,19-21H2,4-14H3/t23?,24-,27-/m0/s1. The van der Waals surface area contributed by atoms with Gasteiger partial charge in [-0.05, 0) is 64.0 Å². The van der Waals surface area contributed by atoms with Crippen molar-refractivity contribution in [1.29, 1.82) is 0 Å². The monoisotopic (exact) mass is 490 g/mol. The van der Waals surface area contributed by atoms with Gasteiger partial charge >= 0.3 is 0 Å². The highest BCUT2D eigenvalue weighted by molar-refractivity contribution is 6.74. The van der Waals surface area contributed by atoms with Crippen LogP contribution in [0.4, 0.5) is 0 Å². The van der Waals surface area contributed by atoms with Gasteiger partial charge in [0.05, 0.1) is 0 Å². The van der Waals surface area contributed by atoms with E-state index < -0.39 is 28.3 Å². The molecule has 1 fully saturated rings. The van der Waals surface area contributed by atoms with Crippen molar-refractivity contribution >= 4 is 16.6 Å².